The summed E-state index contributed by atoms with van der Waals surface area (Å²) in [5, 5.41) is 15.6. The Labute approximate surface area is 186 Å². The number of piperidine rings is 1. The summed E-state index contributed by atoms with van der Waals surface area (Å²) in [5.41, 5.74) is 3.40. The van der Waals surface area contributed by atoms with E-state index < -0.39 is 0 Å². The summed E-state index contributed by atoms with van der Waals surface area (Å²) in [7, 11) is 0. The molecule has 5 N–H and O–H groups in total. The quantitative estimate of drug-likeness (QED) is 0.433. The summed E-state index contributed by atoms with van der Waals surface area (Å²) >= 11 is 0. The lowest BCUT2D eigenvalue weighted by molar-refractivity contribution is -0.919. The Morgan fingerprint density at radius 3 is 2.74 bits per heavy atom. The molecule has 0 aromatic heterocycles. The highest BCUT2D eigenvalue weighted by molar-refractivity contribution is 4.88. The molecule has 0 bridgehead atoms. The Hall–Kier alpha value is -0.790. The Bertz CT molecular complexity index is 616. The molecule has 0 aromatic rings. The maximum atomic E-state index is 9.17. The van der Waals surface area contributed by atoms with Crippen LogP contribution in [-0.4, -0.2) is 75.4 Å². The van der Waals surface area contributed by atoms with Gasteiger partial charge in [0, 0.05) is 56.5 Å². The fourth-order valence-electron chi connectivity index (χ4n) is 6.78. The van der Waals surface area contributed by atoms with Gasteiger partial charge in [0.15, 0.2) is 6.23 Å². The van der Waals surface area contributed by atoms with Gasteiger partial charge in [-0.2, -0.15) is 10.7 Å². The summed E-state index contributed by atoms with van der Waals surface area (Å²) in [6, 6.07) is 3.03. The Kier molecular flexibility index (Phi) is 7.41. The van der Waals surface area contributed by atoms with E-state index in [4.69, 9.17) is 9.57 Å². The molecular formula is C23H42N6O2+2. The second-order valence-corrected chi connectivity index (χ2v) is 10.5. The van der Waals surface area contributed by atoms with Crippen LogP contribution < -0.4 is 21.0 Å². The van der Waals surface area contributed by atoms with Crippen LogP contribution in [0.5, 0.6) is 0 Å². The van der Waals surface area contributed by atoms with Crippen LogP contribution in [0.2, 0.25) is 0 Å². The lowest BCUT2D eigenvalue weighted by Gasteiger charge is -2.38. The van der Waals surface area contributed by atoms with Crippen molar-refractivity contribution in [2.75, 3.05) is 45.9 Å². The molecule has 31 heavy (non-hydrogen) atoms. The lowest BCUT2D eigenvalue weighted by atomic mass is 9.82. The standard InChI is InChI=1S/C23H40N6O2/c24-15-17-3-5-18(6-4-17)16-29-9-1-2-20(29)23-26-22(27-31-23)19-7-8-25-21(14-19)28-10-12-30-13-11-28/h17-23,25-27H,1-14,16H2/p+2. The van der Waals surface area contributed by atoms with E-state index in [0.717, 1.165) is 45.1 Å². The van der Waals surface area contributed by atoms with Gasteiger partial charge in [0.2, 0.25) is 0 Å². The number of morpholine rings is 1. The highest BCUT2D eigenvalue weighted by atomic mass is 16.7. The van der Waals surface area contributed by atoms with Crippen molar-refractivity contribution in [1.29, 1.82) is 5.26 Å². The number of rotatable bonds is 5. The van der Waals surface area contributed by atoms with Crippen molar-refractivity contribution in [2.24, 2.45) is 17.8 Å². The minimum absolute atomic E-state index is 0.130. The fraction of sp³-hybridized carbons (Fsp3) is 0.957. The highest BCUT2D eigenvalue weighted by Gasteiger charge is 2.45. The average molecular weight is 435 g/mol. The molecule has 5 fully saturated rings. The van der Waals surface area contributed by atoms with Crippen molar-refractivity contribution in [3.8, 4) is 6.07 Å². The summed E-state index contributed by atoms with van der Waals surface area (Å²) < 4.78 is 5.55. The molecule has 8 nitrogen and oxygen atoms in total. The Morgan fingerprint density at radius 1 is 1.10 bits per heavy atom. The second-order valence-electron chi connectivity index (χ2n) is 10.5. The largest absolute Gasteiger partial charge is 0.379 e. The molecule has 5 aliphatic rings. The number of hydrogen-bond acceptors (Lipinski definition) is 6. The first kappa shape index (κ1) is 22.0. The predicted octanol–water partition coefficient (Wildman–Crippen LogP) is -1.23. The Morgan fingerprint density at radius 2 is 1.94 bits per heavy atom. The number of nitrogens with two attached hydrogens (primary N) is 1. The number of hydroxylamine groups is 1. The molecule has 6 unspecified atom stereocenters. The minimum Gasteiger partial charge on any atom is -0.379 e. The van der Waals surface area contributed by atoms with Gasteiger partial charge in [0.05, 0.1) is 45.1 Å². The van der Waals surface area contributed by atoms with Crippen LogP contribution in [0.3, 0.4) is 0 Å². The van der Waals surface area contributed by atoms with E-state index >= 15 is 0 Å². The van der Waals surface area contributed by atoms with E-state index in [1.807, 2.05) is 0 Å². The predicted molar refractivity (Wildman–Crippen MR) is 115 cm³/mol. The zero-order valence-electron chi connectivity index (χ0n) is 18.9. The highest BCUT2D eigenvalue weighted by Crippen LogP contribution is 2.28. The third-order valence-electron chi connectivity index (χ3n) is 8.66. The van der Waals surface area contributed by atoms with Crippen LogP contribution in [0.4, 0.5) is 0 Å². The summed E-state index contributed by atoms with van der Waals surface area (Å²) in [4.78, 5) is 10.5. The van der Waals surface area contributed by atoms with Gasteiger partial charge < -0.3 is 15.0 Å². The van der Waals surface area contributed by atoms with Crippen LogP contribution >= 0.6 is 0 Å². The zero-order chi connectivity index (χ0) is 21.0. The number of ether oxygens (including phenoxy) is 1. The summed E-state index contributed by atoms with van der Waals surface area (Å²) in [6.07, 6.45) is 10.7. The molecular weight excluding hydrogens is 392 g/mol. The molecule has 8 heteroatoms. The monoisotopic (exact) mass is 434 g/mol. The SMILES string of the molecule is N#CC1CCC(C[NH+]2CCCC2C2NC(C3CC[NH2+]C(N4CCOCC4)C3)NO2)CC1. The number of nitrogens with one attached hydrogen (secondary N) is 3. The van der Waals surface area contributed by atoms with Crippen LogP contribution in [0.15, 0.2) is 0 Å². The average Bonchev–Trinajstić information content (AvgIpc) is 3.50. The molecule has 4 saturated heterocycles. The first-order chi connectivity index (χ1) is 15.3. The third kappa shape index (κ3) is 5.25. The van der Waals surface area contributed by atoms with Crippen molar-refractivity contribution in [1.82, 2.24) is 15.7 Å². The van der Waals surface area contributed by atoms with Gasteiger partial charge in [0.25, 0.3) is 0 Å². The summed E-state index contributed by atoms with van der Waals surface area (Å²) in [5.74, 6) is 1.71. The lowest BCUT2D eigenvalue weighted by Crippen LogP contribution is -3.15. The first-order valence-corrected chi connectivity index (χ1v) is 12.9. The van der Waals surface area contributed by atoms with Gasteiger partial charge in [-0.25, -0.2) is 4.90 Å². The van der Waals surface area contributed by atoms with Gasteiger partial charge >= 0.3 is 0 Å². The van der Waals surface area contributed by atoms with E-state index in [2.05, 4.69) is 27.1 Å². The molecule has 4 aliphatic heterocycles. The van der Waals surface area contributed by atoms with E-state index in [1.165, 1.54) is 58.2 Å². The zero-order valence-corrected chi connectivity index (χ0v) is 18.9. The van der Waals surface area contributed by atoms with Crippen LogP contribution in [0.1, 0.15) is 51.4 Å². The molecule has 0 radical (unpaired) electrons. The van der Waals surface area contributed by atoms with E-state index in [9.17, 15) is 5.26 Å². The van der Waals surface area contributed by atoms with Crippen LogP contribution in [0.25, 0.3) is 0 Å². The minimum atomic E-state index is 0.130. The summed E-state index contributed by atoms with van der Waals surface area (Å²) in [6.45, 7) is 7.60. The molecule has 6 atom stereocenters. The number of likely N-dealkylation sites (tertiary alicyclic amines) is 1. The molecule has 174 valence electrons. The fourth-order valence-corrected chi connectivity index (χ4v) is 6.78. The van der Waals surface area contributed by atoms with Crippen molar-refractivity contribution in [3.05, 3.63) is 0 Å². The van der Waals surface area contributed by atoms with Crippen molar-refractivity contribution in [3.63, 3.8) is 0 Å². The van der Waals surface area contributed by atoms with Gasteiger partial charge in [-0.05, 0) is 25.7 Å². The number of nitrogens with zero attached hydrogens (tertiary/aromatic N) is 2. The van der Waals surface area contributed by atoms with Gasteiger partial charge in [0.1, 0.15) is 12.2 Å². The van der Waals surface area contributed by atoms with E-state index in [0.29, 0.717) is 24.0 Å². The normalized spacial score (nSPS) is 44.9. The number of quaternary nitrogens is 2. The first-order valence-electron chi connectivity index (χ1n) is 12.9. The number of nitriles is 1. The van der Waals surface area contributed by atoms with Gasteiger partial charge in [-0.15, -0.1) is 0 Å². The molecule has 1 saturated carbocycles. The Balaban J connectivity index is 1.11. The molecule has 5 rings (SSSR count). The van der Waals surface area contributed by atoms with E-state index in [1.54, 1.807) is 4.90 Å². The third-order valence-corrected chi connectivity index (χ3v) is 8.66. The number of hydrogen-bond donors (Lipinski definition) is 4. The maximum Gasteiger partial charge on any atom is 0.183 e. The van der Waals surface area contributed by atoms with Gasteiger partial charge in [-0.3, -0.25) is 10.2 Å². The second kappa shape index (κ2) is 10.4. The molecule has 0 amide bonds. The molecule has 0 aromatic carbocycles. The smallest absolute Gasteiger partial charge is 0.183 e. The molecule has 1 aliphatic carbocycles. The van der Waals surface area contributed by atoms with Crippen molar-refractivity contribution in [2.45, 2.75) is 76.0 Å². The topological polar surface area (TPSA) is 90.6 Å². The molecule has 4 heterocycles. The van der Waals surface area contributed by atoms with E-state index in [-0.39, 0.29) is 12.4 Å². The van der Waals surface area contributed by atoms with Crippen molar-refractivity contribution < 1.29 is 19.8 Å². The maximum absolute atomic E-state index is 9.17. The van der Waals surface area contributed by atoms with Crippen LogP contribution in [0, 0.1) is 29.1 Å². The molecule has 0 spiro atoms. The van der Waals surface area contributed by atoms with Gasteiger partial charge in [-0.1, -0.05) is 0 Å². The van der Waals surface area contributed by atoms with Crippen molar-refractivity contribution >= 4 is 0 Å². The van der Waals surface area contributed by atoms with Crippen LogP contribution in [-0.2, 0) is 9.57 Å².